The number of halogens is 2. The van der Waals surface area contributed by atoms with Crippen LogP contribution in [0.1, 0.15) is 0 Å². The molecule has 0 radical (unpaired) electrons. The number of aromatic amines is 2. The van der Waals surface area contributed by atoms with Crippen LogP contribution in [-0.4, -0.2) is 15.0 Å². The smallest absolute Gasteiger partial charge is 0.314 e. The molecule has 0 spiro atoms. The predicted octanol–water partition coefficient (Wildman–Crippen LogP) is 1.14. The Morgan fingerprint density at radius 3 is 2.50 bits per heavy atom. The van der Waals surface area contributed by atoms with Crippen LogP contribution in [-0.2, 0) is 0 Å². The topological polar surface area (TPSA) is 78.6 Å². The number of nitrogens with one attached hydrogen (secondary N) is 2. The van der Waals surface area contributed by atoms with Crippen LogP contribution in [0.25, 0.3) is 11.2 Å². The molecule has 0 bridgehead atoms. The number of fused-ring (bicyclic) bond motifs is 1. The Morgan fingerprint density at radius 1 is 1.14 bits per heavy atom. The summed E-state index contributed by atoms with van der Waals surface area (Å²) in [6.45, 7) is 0. The fraction of sp³-hybridized carbons (Fsp3) is 0. The van der Waals surface area contributed by atoms with Gasteiger partial charge < -0.3 is 9.97 Å². The summed E-state index contributed by atoms with van der Waals surface area (Å²) < 4.78 is 1.22. The summed E-state index contributed by atoms with van der Waals surface area (Å²) in [5.74, 6) is 0. The third kappa shape index (κ3) is 1.53. The molecule has 0 amide bonds. The molecule has 0 unspecified atom stereocenters. The van der Waals surface area contributed by atoms with Crippen LogP contribution in [0.15, 0.2) is 24.7 Å². The van der Waals surface area contributed by atoms with E-state index in [1.165, 1.54) is 0 Å². The lowest BCUT2D eigenvalue weighted by Crippen LogP contribution is -2.29. The zero-order valence-electron chi connectivity index (χ0n) is 6.60. The van der Waals surface area contributed by atoms with Gasteiger partial charge in [0.15, 0.2) is 5.65 Å². The van der Waals surface area contributed by atoms with Crippen molar-refractivity contribution < 1.29 is 0 Å². The Labute approximate surface area is 93.8 Å². The van der Waals surface area contributed by atoms with Gasteiger partial charge in [-0.15, -0.1) is 0 Å². The number of pyridine rings is 1. The molecule has 0 saturated heterocycles. The molecule has 5 nitrogen and oxygen atoms in total. The van der Waals surface area contributed by atoms with Crippen LogP contribution in [0, 0.1) is 0 Å². The zero-order chi connectivity index (χ0) is 10.3. The Bertz CT molecular complexity index is 616. The van der Waals surface area contributed by atoms with Crippen LogP contribution in [0.5, 0.6) is 0 Å². The summed E-state index contributed by atoms with van der Waals surface area (Å²) in [4.78, 5) is 30.8. The first-order chi connectivity index (χ1) is 6.58. The normalized spacial score (nSPS) is 10.7. The molecule has 0 aromatic carbocycles. The van der Waals surface area contributed by atoms with E-state index < -0.39 is 11.1 Å². The van der Waals surface area contributed by atoms with Gasteiger partial charge in [0, 0.05) is 4.47 Å². The number of hydrogen-bond acceptors (Lipinski definition) is 3. The summed E-state index contributed by atoms with van der Waals surface area (Å²) >= 11 is 6.42. The van der Waals surface area contributed by atoms with E-state index in [2.05, 4.69) is 46.8 Å². The minimum Gasteiger partial charge on any atom is -0.314 e. The van der Waals surface area contributed by atoms with E-state index in [0.29, 0.717) is 20.2 Å². The molecule has 7 heteroatoms. The van der Waals surface area contributed by atoms with E-state index in [1.807, 2.05) is 0 Å². The minimum atomic E-state index is -0.713. The lowest BCUT2D eigenvalue weighted by atomic mass is 10.4. The van der Waals surface area contributed by atoms with Crippen LogP contribution in [0.2, 0.25) is 0 Å². The lowest BCUT2D eigenvalue weighted by molar-refractivity contribution is 1.10. The van der Waals surface area contributed by atoms with E-state index in [0.717, 1.165) is 0 Å². The molecule has 0 aliphatic carbocycles. The van der Waals surface area contributed by atoms with Gasteiger partial charge in [0.05, 0.1) is 5.52 Å². The molecule has 2 N–H and O–H groups in total. The summed E-state index contributed by atoms with van der Waals surface area (Å²) in [6.07, 6.45) is 0. The van der Waals surface area contributed by atoms with Gasteiger partial charge in [-0.25, -0.2) is 4.98 Å². The number of H-pyrrole nitrogens is 2. The van der Waals surface area contributed by atoms with E-state index in [4.69, 9.17) is 0 Å². The van der Waals surface area contributed by atoms with Crippen LogP contribution >= 0.6 is 31.9 Å². The number of nitrogens with zero attached hydrogens (tertiary/aromatic N) is 1. The number of rotatable bonds is 0. The first-order valence-corrected chi connectivity index (χ1v) is 5.15. The Hall–Kier alpha value is -0.950. The summed E-state index contributed by atoms with van der Waals surface area (Å²) in [6, 6.07) is 1.68. The largest absolute Gasteiger partial charge is 0.315 e. The molecule has 0 aliphatic rings. The highest BCUT2D eigenvalue weighted by atomic mass is 79.9. The Balaban J connectivity index is 3.03. The zero-order valence-corrected chi connectivity index (χ0v) is 9.77. The van der Waals surface area contributed by atoms with Crippen LogP contribution < -0.4 is 11.1 Å². The first kappa shape index (κ1) is 9.60. The van der Waals surface area contributed by atoms with Crippen molar-refractivity contribution in [3.8, 4) is 0 Å². The molecule has 0 fully saturated rings. The molecule has 2 rings (SSSR count). The van der Waals surface area contributed by atoms with Crippen molar-refractivity contribution in [1.29, 1.82) is 0 Å². The molecule has 72 valence electrons. The lowest BCUT2D eigenvalue weighted by Gasteiger charge is -1.99. The standard InChI is InChI=1S/C7H3Br2N3O2/c8-2-1-3(9)10-5-4(2)11-6(13)7(14)12-5/h1H,(H,11,13)(H,10,12,14). The maximum absolute atomic E-state index is 11.0. The van der Waals surface area contributed by atoms with Gasteiger partial charge in [0.2, 0.25) is 0 Å². The molecule has 0 aliphatic heterocycles. The maximum Gasteiger partial charge on any atom is 0.315 e. The quantitative estimate of drug-likeness (QED) is 0.564. The molecule has 0 saturated carbocycles. The number of aromatic nitrogens is 3. The van der Waals surface area contributed by atoms with Crippen molar-refractivity contribution in [3.63, 3.8) is 0 Å². The van der Waals surface area contributed by atoms with Crippen molar-refractivity contribution >= 4 is 43.0 Å². The molecule has 2 aromatic heterocycles. The second-order valence-corrected chi connectivity index (χ2v) is 4.23. The van der Waals surface area contributed by atoms with Gasteiger partial charge >= 0.3 is 11.1 Å². The molecule has 2 aromatic rings. The highest BCUT2D eigenvalue weighted by Gasteiger charge is 2.05. The average molecular weight is 321 g/mol. The summed E-state index contributed by atoms with van der Waals surface area (Å²) in [5.41, 5.74) is -0.606. The van der Waals surface area contributed by atoms with Gasteiger partial charge in [-0.1, -0.05) is 0 Å². The third-order valence-corrected chi connectivity index (χ3v) is 2.65. The van der Waals surface area contributed by atoms with Crippen LogP contribution in [0.4, 0.5) is 0 Å². The second-order valence-electron chi connectivity index (χ2n) is 2.56. The Morgan fingerprint density at radius 2 is 1.79 bits per heavy atom. The highest BCUT2D eigenvalue weighted by molar-refractivity contribution is 9.11. The van der Waals surface area contributed by atoms with Gasteiger partial charge in [-0.3, -0.25) is 9.59 Å². The van der Waals surface area contributed by atoms with E-state index >= 15 is 0 Å². The molecular formula is C7H3Br2N3O2. The van der Waals surface area contributed by atoms with Crippen LogP contribution in [0.3, 0.4) is 0 Å². The fourth-order valence-electron chi connectivity index (χ4n) is 1.03. The minimum absolute atomic E-state index is 0.329. The molecule has 14 heavy (non-hydrogen) atoms. The van der Waals surface area contributed by atoms with Gasteiger partial charge in [-0.2, -0.15) is 0 Å². The first-order valence-electron chi connectivity index (χ1n) is 3.56. The maximum atomic E-state index is 11.0. The van der Waals surface area contributed by atoms with Crippen molar-refractivity contribution in [2.75, 3.05) is 0 Å². The summed E-state index contributed by atoms with van der Waals surface area (Å²) in [5, 5.41) is 0. The Kier molecular flexibility index (Phi) is 2.28. The molecule has 2 heterocycles. The van der Waals surface area contributed by atoms with E-state index in [9.17, 15) is 9.59 Å². The summed E-state index contributed by atoms with van der Waals surface area (Å²) in [7, 11) is 0. The molecule has 0 atom stereocenters. The van der Waals surface area contributed by atoms with E-state index in [1.54, 1.807) is 6.07 Å². The average Bonchev–Trinajstić information content (AvgIpc) is 2.08. The van der Waals surface area contributed by atoms with Gasteiger partial charge in [0.25, 0.3) is 0 Å². The van der Waals surface area contributed by atoms with Crippen molar-refractivity contribution in [3.05, 3.63) is 35.8 Å². The van der Waals surface area contributed by atoms with Crippen molar-refractivity contribution in [1.82, 2.24) is 15.0 Å². The fourth-order valence-corrected chi connectivity index (χ4v) is 2.25. The third-order valence-electron chi connectivity index (χ3n) is 1.62. The monoisotopic (exact) mass is 319 g/mol. The SMILES string of the molecule is O=c1[nH]c2nc(Br)cc(Br)c2[nH]c1=O. The van der Waals surface area contributed by atoms with Crippen molar-refractivity contribution in [2.24, 2.45) is 0 Å². The predicted molar refractivity (Wildman–Crippen MR) is 58.4 cm³/mol. The van der Waals surface area contributed by atoms with Crippen molar-refractivity contribution in [2.45, 2.75) is 0 Å². The number of hydrogen-bond donors (Lipinski definition) is 2. The second kappa shape index (κ2) is 3.32. The molecular weight excluding hydrogens is 318 g/mol. The van der Waals surface area contributed by atoms with E-state index in [-0.39, 0.29) is 0 Å². The van der Waals surface area contributed by atoms with Gasteiger partial charge in [0.1, 0.15) is 4.60 Å². The van der Waals surface area contributed by atoms with Gasteiger partial charge in [-0.05, 0) is 37.9 Å². The highest BCUT2D eigenvalue weighted by Crippen LogP contribution is 2.21.